The predicted molar refractivity (Wildman–Crippen MR) is 120 cm³/mol. The molecule has 0 spiro atoms. The fourth-order valence-corrected chi connectivity index (χ4v) is 4.97. The minimum absolute atomic E-state index is 0.116. The number of rotatable bonds is 4. The van der Waals surface area contributed by atoms with E-state index in [1.54, 1.807) is 18.6 Å². The molecule has 2 aliphatic rings. The Kier molecular flexibility index (Phi) is 7.11. The summed E-state index contributed by atoms with van der Waals surface area (Å²) in [6, 6.07) is 4.29. The van der Waals surface area contributed by atoms with E-state index in [-0.39, 0.29) is 25.7 Å². The van der Waals surface area contributed by atoms with Crippen LogP contribution in [0.25, 0.3) is 0 Å². The summed E-state index contributed by atoms with van der Waals surface area (Å²) in [5.41, 5.74) is -2.15. The number of halogens is 4. The van der Waals surface area contributed by atoms with Gasteiger partial charge in [0.15, 0.2) is 0 Å². The number of hydrogen-bond donors (Lipinski definition) is 2. The molecule has 1 fully saturated rings. The van der Waals surface area contributed by atoms with E-state index in [0.29, 0.717) is 19.2 Å². The van der Waals surface area contributed by atoms with Crippen molar-refractivity contribution in [2.75, 3.05) is 37.6 Å². The normalized spacial score (nSPS) is 22.0. The van der Waals surface area contributed by atoms with Gasteiger partial charge in [0.05, 0.1) is 0 Å². The summed E-state index contributed by atoms with van der Waals surface area (Å²) in [5, 5.41) is 17.6. The first-order chi connectivity index (χ1) is 16.1. The fourth-order valence-electron chi connectivity index (χ4n) is 4.11. The second-order valence-electron chi connectivity index (χ2n) is 8.05. The van der Waals surface area contributed by atoms with Gasteiger partial charge in [-0.3, -0.25) is 0 Å². The van der Waals surface area contributed by atoms with Gasteiger partial charge < -0.3 is 0 Å². The van der Waals surface area contributed by atoms with E-state index < -0.39 is 35.1 Å². The number of hydrogen-bond acceptors (Lipinski definition) is 6. The van der Waals surface area contributed by atoms with E-state index in [1.807, 2.05) is 15.9 Å². The second-order valence-corrected chi connectivity index (χ2v) is 9.29. The Bertz CT molecular complexity index is 1090. The van der Waals surface area contributed by atoms with Crippen molar-refractivity contribution in [2.45, 2.75) is 18.3 Å². The molecule has 8 nitrogen and oxygen atoms in total. The Hall–Kier alpha value is -2.69. The molecule has 1 aromatic carbocycles. The van der Waals surface area contributed by atoms with Crippen LogP contribution in [0.4, 0.5) is 23.4 Å². The number of anilines is 1. The van der Waals surface area contributed by atoms with Gasteiger partial charge in [0.2, 0.25) is 0 Å². The van der Waals surface area contributed by atoms with Crippen LogP contribution in [0.3, 0.4) is 0 Å². The number of alkyl halides is 3. The summed E-state index contributed by atoms with van der Waals surface area (Å²) in [5.74, 6) is -1.77. The molecule has 3 atom stereocenters. The number of nitrogens with zero attached hydrogens (tertiary/aromatic N) is 5. The molecule has 1 saturated heterocycles. The Morgan fingerprint density at radius 1 is 1.24 bits per heavy atom. The van der Waals surface area contributed by atoms with Crippen LogP contribution < -0.4 is 4.90 Å². The van der Waals surface area contributed by atoms with E-state index in [9.17, 15) is 27.5 Å². The van der Waals surface area contributed by atoms with Crippen LogP contribution in [0, 0.1) is 5.82 Å². The summed E-state index contributed by atoms with van der Waals surface area (Å²) in [6.07, 6.45) is -0.640. The first-order valence-corrected chi connectivity index (χ1v) is 11.7. The number of aromatic amines is 1. The van der Waals surface area contributed by atoms with E-state index in [4.69, 9.17) is 0 Å². The minimum atomic E-state index is -4.91. The molecular formula is C21H23AsF4N6O2. The maximum absolute atomic E-state index is 14.5. The van der Waals surface area contributed by atoms with Crippen LogP contribution in [0.2, 0.25) is 0 Å². The predicted octanol–water partition coefficient (Wildman–Crippen LogP) is 1.08. The Morgan fingerprint density at radius 3 is 2.74 bits per heavy atom. The Labute approximate surface area is 201 Å². The van der Waals surface area contributed by atoms with Crippen molar-refractivity contribution in [1.82, 2.24) is 20.0 Å². The molecule has 3 unspecified atom stereocenters. The van der Waals surface area contributed by atoms with Crippen LogP contribution in [-0.2, 0) is 6.18 Å². The molecule has 1 amide bonds. The van der Waals surface area contributed by atoms with E-state index in [1.165, 1.54) is 21.8 Å². The van der Waals surface area contributed by atoms with Crippen molar-refractivity contribution >= 4 is 34.8 Å². The maximum atomic E-state index is 14.5. The molecule has 0 bridgehead atoms. The molecular weight excluding hydrogens is 519 g/mol. The van der Waals surface area contributed by atoms with Gasteiger partial charge in [0, 0.05) is 0 Å². The first kappa shape index (κ1) is 24.4. The van der Waals surface area contributed by atoms with Gasteiger partial charge in [0.25, 0.3) is 0 Å². The zero-order chi connectivity index (χ0) is 24.5. The average Bonchev–Trinajstić information content (AvgIpc) is 3.22. The molecule has 4 rings (SSSR count). The molecule has 13 heteroatoms. The van der Waals surface area contributed by atoms with Gasteiger partial charge in [-0.25, -0.2) is 0 Å². The topological polar surface area (TPSA) is 88.1 Å². The molecule has 2 aromatic rings. The SMILES string of the molecule is O=C(c1cccc(C(F)(F)F)c1F)N1CCN(CC2C=NC=C([AsH2])N2c2cc[nH]n2)CC(O)C1. The third-order valence-corrected chi connectivity index (χ3v) is 6.56. The van der Waals surface area contributed by atoms with E-state index >= 15 is 0 Å². The number of aliphatic hydroxyl groups excluding tert-OH is 1. The second kappa shape index (κ2) is 9.89. The summed E-state index contributed by atoms with van der Waals surface area (Å²) in [7, 11) is 0. The number of carbonyl (C=O) groups is 1. The molecule has 0 radical (unpaired) electrons. The van der Waals surface area contributed by atoms with E-state index in [0.717, 1.165) is 22.4 Å². The Balaban J connectivity index is 1.48. The van der Waals surface area contributed by atoms with Gasteiger partial charge >= 0.3 is 182 Å². The van der Waals surface area contributed by atoms with Gasteiger partial charge in [0.1, 0.15) is 0 Å². The molecule has 2 aliphatic heterocycles. The van der Waals surface area contributed by atoms with Gasteiger partial charge in [-0.1, -0.05) is 0 Å². The number of carbonyl (C=O) groups excluding carboxylic acids is 1. The standard InChI is InChI=1S/C21H23AsF4N6O2/c22-17-9-27-8-13(32(17)18-4-5-28-29-18)10-30-6-7-31(12-14(33)11-30)20(34)15-2-1-3-16(19(15)23)21(24,25)26/h1-5,8-9,13-14,33H,6-7,10-12,22H2,(H,28,29). The number of benzene rings is 1. The van der Waals surface area contributed by atoms with Crippen LogP contribution in [0.1, 0.15) is 15.9 Å². The zero-order valence-electron chi connectivity index (χ0n) is 17.9. The molecule has 1 aromatic heterocycles. The number of aliphatic imine (C=N–C) groups is 1. The molecule has 2 N–H and O–H groups in total. The Morgan fingerprint density at radius 2 is 2.03 bits per heavy atom. The third-order valence-electron chi connectivity index (χ3n) is 5.66. The molecule has 0 aliphatic carbocycles. The van der Waals surface area contributed by atoms with Crippen molar-refractivity contribution in [3.63, 3.8) is 0 Å². The number of nitrogens with one attached hydrogen (secondary N) is 1. The molecule has 0 saturated carbocycles. The fraction of sp³-hybridized carbons (Fsp3) is 0.381. The number of aromatic nitrogens is 2. The summed E-state index contributed by atoms with van der Waals surface area (Å²) in [4.78, 5) is 22.3. The summed E-state index contributed by atoms with van der Waals surface area (Å²) < 4.78 is 54.6. The van der Waals surface area contributed by atoms with Gasteiger partial charge in [-0.15, -0.1) is 0 Å². The summed E-state index contributed by atoms with van der Waals surface area (Å²) >= 11 is 1.38. The quantitative estimate of drug-likeness (QED) is 0.446. The van der Waals surface area contributed by atoms with Crippen molar-refractivity contribution in [2.24, 2.45) is 4.99 Å². The van der Waals surface area contributed by atoms with Gasteiger partial charge in [-0.05, 0) is 6.07 Å². The van der Waals surface area contributed by atoms with Crippen molar-refractivity contribution in [1.29, 1.82) is 0 Å². The number of aliphatic hydroxyl groups is 1. The first-order valence-electron chi connectivity index (χ1n) is 10.5. The molecule has 34 heavy (non-hydrogen) atoms. The van der Waals surface area contributed by atoms with Crippen LogP contribution in [-0.4, -0.2) is 98.9 Å². The van der Waals surface area contributed by atoms with Crippen molar-refractivity contribution in [3.8, 4) is 0 Å². The monoisotopic (exact) mass is 542 g/mol. The van der Waals surface area contributed by atoms with Crippen molar-refractivity contribution < 1.29 is 27.5 Å². The molecule has 182 valence electrons. The zero-order valence-corrected chi connectivity index (χ0v) is 20.3. The number of amides is 1. The van der Waals surface area contributed by atoms with Crippen LogP contribution in [0.5, 0.6) is 0 Å². The third kappa shape index (κ3) is 5.18. The van der Waals surface area contributed by atoms with E-state index in [2.05, 4.69) is 15.2 Å². The number of β-amino-alcohol motifs (C(OH)–C–C–N with tert-alkyl or cyclic N) is 1. The van der Waals surface area contributed by atoms with Crippen LogP contribution >= 0.6 is 0 Å². The van der Waals surface area contributed by atoms with Crippen LogP contribution in [0.15, 0.2) is 46.1 Å². The summed E-state index contributed by atoms with van der Waals surface area (Å²) in [6.45, 7) is 1.05. The van der Waals surface area contributed by atoms with Crippen molar-refractivity contribution in [3.05, 3.63) is 58.1 Å². The van der Waals surface area contributed by atoms with Gasteiger partial charge in [-0.2, -0.15) is 13.2 Å². The average molecular weight is 542 g/mol. The molecule has 3 heterocycles. The number of H-pyrrole nitrogens is 1.